The summed E-state index contributed by atoms with van der Waals surface area (Å²) in [6, 6.07) is 1.45. The quantitative estimate of drug-likeness (QED) is 0.847. The van der Waals surface area contributed by atoms with Gasteiger partial charge in [-0.3, -0.25) is 0 Å². The minimum absolute atomic E-state index is 0.133. The zero-order valence-electron chi connectivity index (χ0n) is 10.7. The second-order valence-electron chi connectivity index (χ2n) is 3.88. The molecule has 0 bridgehead atoms. The van der Waals surface area contributed by atoms with Crippen LogP contribution in [0.1, 0.15) is 29.0 Å². The van der Waals surface area contributed by atoms with Crippen molar-refractivity contribution in [3.63, 3.8) is 0 Å². The summed E-state index contributed by atoms with van der Waals surface area (Å²) >= 11 is 2.36. The Balaban J connectivity index is 2.27. The molecule has 20 heavy (non-hydrogen) atoms. The molecule has 0 radical (unpaired) electrons. The van der Waals surface area contributed by atoms with Crippen molar-refractivity contribution in [1.82, 2.24) is 9.71 Å². The highest BCUT2D eigenvalue weighted by Crippen LogP contribution is 2.24. The van der Waals surface area contributed by atoms with Crippen molar-refractivity contribution in [1.29, 1.82) is 0 Å². The van der Waals surface area contributed by atoms with E-state index in [-0.39, 0.29) is 15.9 Å². The second-order valence-corrected chi connectivity index (χ2v) is 7.42. The van der Waals surface area contributed by atoms with E-state index in [1.807, 2.05) is 16.8 Å². The van der Waals surface area contributed by atoms with E-state index in [1.165, 1.54) is 24.0 Å². The minimum Gasteiger partial charge on any atom is -0.464 e. The van der Waals surface area contributed by atoms with Crippen molar-refractivity contribution in [2.24, 2.45) is 0 Å². The molecule has 6 nitrogen and oxygen atoms in total. The van der Waals surface area contributed by atoms with Crippen LogP contribution in [0.5, 0.6) is 0 Å². The van der Waals surface area contributed by atoms with Crippen LogP contribution >= 0.6 is 22.7 Å². The van der Waals surface area contributed by atoms with E-state index in [1.54, 1.807) is 6.92 Å². The summed E-state index contributed by atoms with van der Waals surface area (Å²) in [5.74, 6) is -0.769. The summed E-state index contributed by atoms with van der Waals surface area (Å²) in [7, 11) is -2.64. The van der Waals surface area contributed by atoms with Gasteiger partial charge in [0.2, 0.25) is 0 Å². The predicted molar refractivity (Wildman–Crippen MR) is 76.5 cm³/mol. The third kappa shape index (κ3) is 3.06. The molecule has 108 valence electrons. The first-order chi connectivity index (χ1) is 9.45. The number of rotatable bonds is 5. The van der Waals surface area contributed by atoms with Crippen LogP contribution in [0.3, 0.4) is 0 Å². The van der Waals surface area contributed by atoms with Crippen molar-refractivity contribution in [3.05, 3.63) is 33.6 Å². The molecule has 1 unspecified atom stereocenters. The zero-order valence-corrected chi connectivity index (χ0v) is 13.1. The largest absolute Gasteiger partial charge is 0.464 e. The molecule has 0 aliphatic rings. The molecule has 0 fully saturated rings. The van der Waals surface area contributed by atoms with Gasteiger partial charge in [-0.05, 0) is 29.3 Å². The topological polar surface area (TPSA) is 85.4 Å². The molecule has 0 aliphatic heterocycles. The summed E-state index contributed by atoms with van der Waals surface area (Å²) in [5, 5.41) is 3.73. The van der Waals surface area contributed by atoms with Gasteiger partial charge in [-0.25, -0.2) is 22.9 Å². The highest BCUT2D eigenvalue weighted by atomic mass is 32.2. The molecule has 2 aromatic rings. The van der Waals surface area contributed by atoms with E-state index < -0.39 is 16.0 Å². The monoisotopic (exact) mass is 332 g/mol. The van der Waals surface area contributed by atoms with Gasteiger partial charge >= 0.3 is 5.97 Å². The molecule has 2 heterocycles. The molecule has 0 aliphatic carbocycles. The number of esters is 1. The lowest BCUT2D eigenvalue weighted by Gasteiger charge is -2.12. The van der Waals surface area contributed by atoms with Crippen molar-refractivity contribution >= 4 is 38.7 Å². The predicted octanol–water partition coefficient (Wildman–Crippen LogP) is 2.03. The maximum Gasteiger partial charge on any atom is 0.358 e. The number of thiophene rings is 1. The van der Waals surface area contributed by atoms with Gasteiger partial charge in [0, 0.05) is 6.04 Å². The number of hydrogen-bond donors (Lipinski definition) is 1. The Morgan fingerprint density at radius 3 is 2.85 bits per heavy atom. The number of carbonyl (C=O) groups is 1. The average molecular weight is 332 g/mol. The maximum atomic E-state index is 12.3. The molecule has 1 N–H and O–H groups in total. The lowest BCUT2D eigenvalue weighted by atomic mass is 10.2. The molecule has 1 atom stereocenters. The Hall–Kier alpha value is -1.29. The van der Waals surface area contributed by atoms with Crippen LogP contribution in [0, 0.1) is 0 Å². The third-order valence-corrected chi connectivity index (χ3v) is 6.14. The van der Waals surface area contributed by atoms with E-state index in [9.17, 15) is 13.2 Å². The Labute approximate surface area is 124 Å². The number of methoxy groups -OCH3 is 1. The van der Waals surface area contributed by atoms with E-state index in [4.69, 9.17) is 0 Å². The number of aromatic nitrogens is 1. The highest BCUT2D eigenvalue weighted by molar-refractivity contribution is 7.91. The molecule has 2 rings (SSSR count). The smallest absolute Gasteiger partial charge is 0.358 e. The maximum absolute atomic E-state index is 12.3. The Bertz CT molecular complexity index is 691. The second kappa shape index (κ2) is 6.00. The molecule has 0 saturated heterocycles. The first kappa shape index (κ1) is 15.1. The Morgan fingerprint density at radius 1 is 1.50 bits per heavy atom. The molecule has 0 amide bonds. The van der Waals surface area contributed by atoms with E-state index in [0.29, 0.717) is 0 Å². The van der Waals surface area contributed by atoms with Gasteiger partial charge in [-0.1, -0.05) is 0 Å². The molecule has 0 spiro atoms. The zero-order chi connectivity index (χ0) is 14.8. The molecular weight excluding hydrogens is 320 g/mol. The van der Waals surface area contributed by atoms with Crippen LogP contribution < -0.4 is 4.72 Å². The summed E-state index contributed by atoms with van der Waals surface area (Å²) < 4.78 is 31.5. The van der Waals surface area contributed by atoms with Gasteiger partial charge in [0.1, 0.15) is 0 Å². The van der Waals surface area contributed by atoms with Gasteiger partial charge in [0.15, 0.2) is 9.90 Å². The fourth-order valence-electron chi connectivity index (χ4n) is 1.53. The number of nitrogens with zero attached hydrogens (tertiary/aromatic N) is 1. The highest BCUT2D eigenvalue weighted by Gasteiger charge is 2.28. The number of thiazole rings is 1. The summed E-state index contributed by atoms with van der Waals surface area (Å²) in [4.78, 5) is 15.2. The summed E-state index contributed by atoms with van der Waals surface area (Å²) in [5.41, 5.74) is 1.97. The van der Waals surface area contributed by atoms with Crippen molar-refractivity contribution in [2.45, 2.75) is 17.2 Å². The molecule has 9 heteroatoms. The SMILES string of the molecule is COC(=O)c1ncsc1S(=O)(=O)NC(C)c1ccsc1. The lowest BCUT2D eigenvalue weighted by Crippen LogP contribution is -2.27. The fourth-order valence-corrected chi connectivity index (χ4v) is 4.67. The molecule has 0 aromatic carbocycles. The summed E-state index contributed by atoms with van der Waals surface area (Å²) in [6.45, 7) is 1.73. The van der Waals surface area contributed by atoms with Gasteiger partial charge < -0.3 is 4.74 Å². The number of hydrogen-bond acceptors (Lipinski definition) is 7. The van der Waals surface area contributed by atoms with Gasteiger partial charge in [-0.15, -0.1) is 11.3 Å². The van der Waals surface area contributed by atoms with Crippen LogP contribution in [0.25, 0.3) is 0 Å². The van der Waals surface area contributed by atoms with Gasteiger partial charge in [-0.2, -0.15) is 11.3 Å². The van der Waals surface area contributed by atoms with Crippen LogP contribution in [0.15, 0.2) is 26.5 Å². The number of carbonyl (C=O) groups excluding carboxylic acids is 1. The van der Waals surface area contributed by atoms with Crippen LogP contribution in [0.4, 0.5) is 0 Å². The Kier molecular flexibility index (Phi) is 4.53. The van der Waals surface area contributed by atoms with Crippen LogP contribution in [-0.4, -0.2) is 26.5 Å². The van der Waals surface area contributed by atoms with Crippen molar-refractivity contribution in [3.8, 4) is 0 Å². The first-order valence-electron chi connectivity index (χ1n) is 5.52. The van der Waals surface area contributed by atoms with Crippen molar-refractivity contribution in [2.75, 3.05) is 7.11 Å². The number of sulfonamides is 1. The van der Waals surface area contributed by atoms with E-state index in [2.05, 4.69) is 14.4 Å². The molecular formula is C11H12N2O4S3. The van der Waals surface area contributed by atoms with Crippen LogP contribution in [-0.2, 0) is 14.8 Å². The van der Waals surface area contributed by atoms with Gasteiger partial charge in [0.25, 0.3) is 10.0 Å². The van der Waals surface area contributed by atoms with E-state index >= 15 is 0 Å². The summed E-state index contributed by atoms with van der Waals surface area (Å²) in [6.07, 6.45) is 0. The number of ether oxygens (including phenoxy) is 1. The number of nitrogens with one attached hydrogen (secondary N) is 1. The fraction of sp³-hybridized carbons (Fsp3) is 0.273. The molecule has 0 saturated carbocycles. The van der Waals surface area contributed by atoms with Gasteiger partial charge in [0.05, 0.1) is 12.6 Å². The van der Waals surface area contributed by atoms with Crippen molar-refractivity contribution < 1.29 is 17.9 Å². The standard InChI is InChI=1S/C11H12N2O4S3/c1-7(8-3-4-18-5-8)13-20(15,16)11-9(10(14)17-2)12-6-19-11/h3-7,13H,1-2H3. The molecule has 2 aromatic heterocycles. The average Bonchev–Trinajstić information content (AvgIpc) is 3.08. The third-order valence-electron chi connectivity index (χ3n) is 2.53. The van der Waals surface area contributed by atoms with Crippen LogP contribution in [0.2, 0.25) is 0 Å². The Morgan fingerprint density at radius 2 is 2.25 bits per heavy atom. The minimum atomic E-state index is -3.82. The lowest BCUT2D eigenvalue weighted by molar-refractivity contribution is 0.0590. The first-order valence-corrected chi connectivity index (χ1v) is 8.82. The van der Waals surface area contributed by atoms with E-state index in [0.717, 1.165) is 16.9 Å². The normalized spacial score (nSPS) is 13.1.